The average Bonchev–Trinajstić information content (AvgIpc) is 3.29. The first-order chi connectivity index (χ1) is 17.9. The zero-order chi connectivity index (χ0) is 25.9. The van der Waals surface area contributed by atoms with Crippen molar-refractivity contribution in [2.45, 2.75) is 32.4 Å². The van der Waals surface area contributed by atoms with Gasteiger partial charge >= 0.3 is 6.09 Å². The minimum absolute atomic E-state index is 0.210. The van der Waals surface area contributed by atoms with E-state index in [0.717, 1.165) is 47.1 Å². The molecule has 4 aromatic rings. The second-order valence-electron chi connectivity index (χ2n) is 9.46. The zero-order valence-electron chi connectivity index (χ0n) is 21.4. The summed E-state index contributed by atoms with van der Waals surface area (Å²) < 4.78 is 7.72. The van der Waals surface area contributed by atoms with Gasteiger partial charge in [-0.05, 0) is 47.4 Å². The van der Waals surface area contributed by atoms with Crippen LogP contribution in [0.2, 0.25) is 0 Å². The normalized spacial score (nSPS) is 12.6. The number of anilines is 2. The van der Waals surface area contributed by atoms with E-state index in [1.165, 1.54) is 4.90 Å². The van der Waals surface area contributed by atoms with Crippen molar-refractivity contribution in [3.05, 3.63) is 83.7 Å². The lowest BCUT2D eigenvalue weighted by molar-refractivity contribution is 0.0993. The standard InChI is InChI=1S/C29H31N5O3/c1-32(2)22-16-14-20(15-17-22)19-30-29(36)37-28-26(31-25-13-6-7-18-34(25)28)33(3)27(35)24-12-8-10-21-9-4-5-11-23(21)24/h4-5,8-12,14-17H,6-7,13,18-19H2,1-3H3,(H,30,36). The van der Waals surface area contributed by atoms with E-state index in [1.54, 1.807) is 7.05 Å². The van der Waals surface area contributed by atoms with Crippen LogP contribution in [0.4, 0.5) is 16.3 Å². The fraction of sp³-hybridized carbons (Fsp3) is 0.276. The van der Waals surface area contributed by atoms with Gasteiger partial charge in [-0.15, -0.1) is 0 Å². The maximum atomic E-state index is 13.6. The zero-order valence-corrected chi connectivity index (χ0v) is 21.4. The molecule has 0 saturated heterocycles. The van der Waals surface area contributed by atoms with Crippen molar-refractivity contribution in [2.24, 2.45) is 0 Å². The minimum Gasteiger partial charge on any atom is -0.389 e. The lowest BCUT2D eigenvalue weighted by atomic mass is 10.0. The molecule has 1 aliphatic heterocycles. The van der Waals surface area contributed by atoms with E-state index in [1.807, 2.05) is 90.3 Å². The second-order valence-corrected chi connectivity index (χ2v) is 9.46. The first-order valence-corrected chi connectivity index (χ1v) is 12.5. The number of aryl methyl sites for hydroxylation is 1. The number of fused-ring (bicyclic) bond motifs is 2. The number of rotatable bonds is 6. The molecule has 37 heavy (non-hydrogen) atoms. The van der Waals surface area contributed by atoms with Gasteiger partial charge in [0.15, 0.2) is 5.82 Å². The number of aromatic nitrogens is 2. The highest BCUT2D eigenvalue weighted by atomic mass is 16.6. The summed E-state index contributed by atoms with van der Waals surface area (Å²) in [5.41, 5.74) is 2.62. The van der Waals surface area contributed by atoms with Crippen LogP contribution in [-0.4, -0.2) is 42.7 Å². The Labute approximate surface area is 216 Å². The lowest BCUT2D eigenvalue weighted by Crippen LogP contribution is -2.30. The highest BCUT2D eigenvalue weighted by molar-refractivity contribution is 6.14. The van der Waals surface area contributed by atoms with Gasteiger partial charge in [-0.3, -0.25) is 14.3 Å². The topological polar surface area (TPSA) is 79.7 Å². The maximum Gasteiger partial charge on any atom is 0.414 e. The number of hydrogen-bond acceptors (Lipinski definition) is 5. The van der Waals surface area contributed by atoms with Gasteiger partial charge in [0, 0.05) is 51.9 Å². The van der Waals surface area contributed by atoms with E-state index in [0.29, 0.717) is 30.4 Å². The summed E-state index contributed by atoms with van der Waals surface area (Å²) in [6.45, 7) is 1.01. The van der Waals surface area contributed by atoms with Gasteiger partial charge in [0.05, 0.1) is 0 Å². The van der Waals surface area contributed by atoms with Crippen LogP contribution in [0.3, 0.4) is 0 Å². The van der Waals surface area contributed by atoms with Crippen LogP contribution in [-0.2, 0) is 19.5 Å². The Morgan fingerprint density at radius 2 is 1.73 bits per heavy atom. The molecule has 1 N–H and O–H groups in total. The highest BCUT2D eigenvalue weighted by Gasteiger charge is 2.29. The Bertz CT molecular complexity index is 1440. The monoisotopic (exact) mass is 497 g/mol. The smallest absolute Gasteiger partial charge is 0.389 e. The molecule has 0 bridgehead atoms. The van der Waals surface area contributed by atoms with E-state index >= 15 is 0 Å². The number of amides is 2. The van der Waals surface area contributed by atoms with Crippen LogP contribution < -0.4 is 19.9 Å². The Morgan fingerprint density at radius 1 is 0.973 bits per heavy atom. The summed E-state index contributed by atoms with van der Waals surface area (Å²) in [4.78, 5) is 34.7. The van der Waals surface area contributed by atoms with Crippen molar-refractivity contribution < 1.29 is 14.3 Å². The minimum atomic E-state index is -0.586. The number of nitrogens with one attached hydrogen (secondary N) is 1. The van der Waals surface area contributed by atoms with Gasteiger partial charge < -0.3 is 15.0 Å². The molecule has 5 rings (SSSR count). The van der Waals surface area contributed by atoms with Crippen molar-refractivity contribution in [2.75, 3.05) is 30.9 Å². The lowest BCUT2D eigenvalue weighted by Gasteiger charge is -2.19. The van der Waals surface area contributed by atoms with Crippen molar-refractivity contribution in [1.29, 1.82) is 0 Å². The van der Waals surface area contributed by atoms with Gasteiger partial charge in [0.2, 0.25) is 5.88 Å². The molecule has 2 heterocycles. The Morgan fingerprint density at radius 3 is 2.51 bits per heavy atom. The number of ether oxygens (including phenoxy) is 1. The summed E-state index contributed by atoms with van der Waals surface area (Å²) in [6.07, 6.45) is 2.15. The third kappa shape index (κ3) is 5.00. The van der Waals surface area contributed by atoms with E-state index < -0.39 is 6.09 Å². The molecule has 8 nitrogen and oxygen atoms in total. The first-order valence-electron chi connectivity index (χ1n) is 12.5. The summed E-state index contributed by atoms with van der Waals surface area (Å²) in [7, 11) is 5.64. The Balaban J connectivity index is 1.38. The van der Waals surface area contributed by atoms with Gasteiger partial charge in [0.25, 0.3) is 5.91 Å². The van der Waals surface area contributed by atoms with Crippen molar-refractivity contribution in [1.82, 2.24) is 14.9 Å². The van der Waals surface area contributed by atoms with Crippen molar-refractivity contribution in [3.8, 4) is 5.88 Å². The molecule has 0 aliphatic carbocycles. The Hall–Kier alpha value is -4.33. The van der Waals surface area contributed by atoms with E-state index in [2.05, 4.69) is 5.32 Å². The van der Waals surface area contributed by atoms with E-state index in [-0.39, 0.29) is 5.91 Å². The van der Waals surface area contributed by atoms with Gasteiger partial charge in [0.1, 0.15) is 5.82 Å². The predicted octanol–water partition coefficient (Wildman–Crippen LogP) is 5.00. The molecular weight excluding hydrogens is 466 g/mol. The third-order valence-electron chi connectivity index (χ3n) is 6.74. The first kappa shape index (κ1) is 24.4. The van der Waals surface area contributed by atoms with Crippen LogP contribution in [0.15, 0.2) is 66.7 Å². The van der Waals surface area contributed by atoms with Gasteiger partial charge in [-0.2, -0.15) is 0 Å². The maximum absolute atomic E-state index is 13.6. The molecule has 190 valence electrons. The molecule has 0 atom stereocenters. The van der Waals surface area contributed by atoms with Gasteiger partial charge in [-0.1, -0.05) is 48.5 Å². The fourth-order valence-electron chi connectivity index (χ4n) is 4.66. The summed E-state index contributed by atoms with van der Waals surface area (Å²) in [6, 6.07) is 21.4. The Kier molecular flexibility index (Phi) is 6.81. The highest BCUT2D eigenvalue weighted by Crippen LogP contribution is 2.33. The third-order valence-corrected chi connectivity index (χ3v) is 6.74. The molecule has 0 fully saturated rings. The number of hydrogen-bond donors (Lipinski definition) is 1. The van der Waals surface area contributed by atoms with Crippen LogP contribution >= 0.6 is 0 Å². The number of carbonyl (C=O) groups is 2. The summed E-state index contributed by atoms with van der Waals surface area (Å²) in [5, 5.41) is 4.68. The molecular formula is C29H31N5O3. The van der Waals surface area contributed by atoms with Crippen LogP contribution in [0.5, 0.6) is 5.88 Å². The van der Waals surface area contributed by atoms with Gasteiger partial charge in [-0.25, -0.2) is 9.78 Å². The summed E-state index contributed by atoms with van der Waals surface area (Å²) in [5.74, 6) is 1.26. The molecule has 8 heteroatoms. The molecule has 0 radical (unpaired) electrons. The number of imidazole rings is 1. The molecule has 1 aromatic heterocycles. The number of benzene rings is 3. The molecule has 0 saturated carbocycles. The number of carbonyl (C=O) groups excluding carboxylic acids is 2. The van der Waals surface area contributed by atoms with Crippen LogP contribution in [0.1, 0.15) is 34.6 Å². The molecule has 0 unspecified atom stereocenters. The average molecular weight is 498 g/mol. The predicted molar refractivity (Wildman–Crippen MR) is 145 cm³/mol. The molecule has 3 aromatic carbocycles. The molecule has 0 spiro atoms. The van der Waals surface area contributed by atoms with Crippen LogP contribution in [0.25, 0.3) is 10.8 Å². The summed E-state index contributed by atoms with van der Waals surface area (Å²) >= 11 is 0. The van der Waals surface area contributed by atoms with Crippen molar-refractivity contribution >= 4 is 34.3 Å². The quantitative estimate of drug-likeness (QED) is 0.405. The van der Waals surface area contributed by atoms with Crippen molar-refractivity contribution in [3.63, 3.8) is 0 Å². The number of nitrogens with zero attached hydrogens (tertiary/aromatic N) is 4. The van der Waals surface area contributed by atoms with Crippen LogP contribution in [0, 0.1) is 0 Å². The largest absolute Gasteiger partial charge is 0.414 e. The molecule has 2 amide bonds. The fourth-order valence-corrected chi connectivity index (χ4v) is 4.66. The SMILES string of the molecule is CN(C)c1ccc(CNC(=O)Oc2c(N(C)C(=O)c3cccc4ccccc34)nc3n2CCCC3)cc1. The van der Waals surface area contributed by atoms with E-state index in [4.69, 9.17) is 9.72 Å². The second kappa shape index (κ2) is 10.3. The van der Waals surface area contributed by atoms with E-state index in [9.17, 15) is 9.59 Å². The molecule has 1 aliphatic rings.